The van der Waals surface area contributed by atoms with E-state index in [1.54, 1.807) is 0 Å². The fraction of sp³-hybridized carbons (Fsp3) is 0.357. The molecule has 0 saturated carbocycles. The van der Waals surface area contributed by atoms with E-state index in [0.29, 0.717) is 6.04 Å². The van der Waals surface area contributed by atoms with Gasteiger partial charge in [-0.1, -0.05) is 30.4 Å². The standard InChI is InChI=1S/C14H18N2O/c1-11(15-12-9-5-6-10-12)14(17)16-13-7-3-2-4-8-13/h2-8,11-12,15H,9-10H2,1H3,(H,16,17). The predicted molar refractivity (Wildman–Crippen MR) is 69.8 cm³/mol. The quantitative estimate of drug-likeness (QED) is 0.779. The fourth-order valence-corrected chi connectivity index (χ4v) is 1.95. The van der Waals surface area contributed by atoms with Gasteiger partial charge < -0.3 is 10.6 Å². The molecule has 1 amide bonds. The van der Waals surface area contributed by atoms with Crippen molar-refractivity contribution in [2.24, 2.45) is 0 Å². The Morgan fingerprint density at radius 1 is 1.24 bits per heavy atom. The molecule has 2 N–H and O–H groups in total. The largest absolute Gasteiger partial charge is 0.325 e. The molecule has 0 bridgehead atoms. The Balaban J connectivity index is 1.83. The van der Waals surface area contributed by atoms with Crippen molar-refractivity contribution >= 4 is 11.6 Å². The van der Waals surface area contributed by atoms with Crippen LogP contribution in [0.1, 0.15) is 19.8 Å². The SMILES string of the molecule is CC(NC1CC=CC1)C(=O)Nc1ccccc1. The van der Waals surface area contributed by atoms with Gasteiger partial charge in [-0.25, -0.2) is 0 Å². The second-order valence-corrected chi connectivity index (χ2v) is 4.38. The van der Waals surface area contributed by atoms with Gasteiger partial charge in [0.25, 0.3) is 0 Å². The molecular formula is C14H18N2O. The summed E-state index contributed by atoms with van der Waals surface area (Å²) in [4.78, 5) is 11.9. The number of para-hydroxylation sites is 1. The highest BCUT2D eigenvalue weighted by Crippen LogP contribution is 2.11. The number of carbonyl (C=O) groups excluding carboxylic acids is 1. The molecular weight excluding hydrogens is 212 g/mol. The topological polar surface area (TPSA) is 41.1 Å². The maximum absolute atomic E-state index is 11.9. The Morgan fingerprint density at radius 3 is 2.53 bits per heavy atom. The summed E-state index contributed by atoms with van der Waals surface area (Å²) in [5.74, 6) is 0.0168. The van der Waals surface area contributed by atoms with Gasteiger partial charge in [0, 0.05) is 11.7 Å². The molecule has 0 heterocycles. The van der Waals surface area contributed by atoms with E-state index < -0.39 is 0 Å². The number of carbonyl (C=O) groups is 1. The van der Waals surface area contributed by atoms with Gasteiger partial charge in [-0.05, 0) is 31.9 Å². The van der Waals surface area contributed by atoms with E-state index in [-0.39, 0.29) is 11.9 Å². The van der Waals surface area contributed by atoms with Crippen molar-refractivity contribution in [2.45, 2.75) is 31.8 Å². The second-order valence-electron chi connectivity index (χ2n) is 4.38. The van der Waals surface area contributed by atoms with Gasteiger partial charge in [0.1, 0.15) is 0 Å². The van der Waals surface area contributed by atoms with Gasteiger partial charge in [0.15, 0.2) is 0 Å². The van der Waals surface area contributed by atoms with Crippen LogP contribution in [0, 0.1) is 0 Å². The van der Waals surface area contributed by atoms with Crippen molar-refractivity contribution in [3.8, 4) is 0 Å². The Hall–Kier alpha value is -1.61. The highest BCUT2D eigenvalue weighted by molar-refractivity contribution is 5.94. The van der Waals surface area contributed by atoms with Crippen molar-refractivity contribution < 1.29 is 4.79 Å². The van der Waals surface area contributed by atoms with Crippen LogP contribution >= 0.6 is 0 Å². The first-order valence-corrected chi connectivity index (χ1v) is 6.02. The van der Waals surface area contributed by atoms with Crippen LogP contribution in [0.5, 0.6) is 0 Å². The van der Waals surface area contributed by atoms with E-state index in [2.05, 4.69) is 22.8 Å². The molecule has 1 aromatic rings. The number of benzene rings is 1. The summed E-state index contributed by atoms with van der Waals surface area (Å²) >= 11 is 0. The molecule has 0 aromatic heterocycles. The van der Waals surface area contributed by atoms with Crippen LogP contribution in [0.2, 0.25) is 0 Å². The van der Waals surface area contributed by atoms with Crippen molar-refractivity contribution in [2.75, 3.05) is 5.32 Å². The monoisotopic (exact) mass is 230 g/mol. The van der Waals surface area contributed by atoms with Crippen molar-refractivity contribution in [3.05, 3.63) is 42.5 Å². The smallest absolute Gasteiger partial charge is 0.241 e. The average Bonchev–Trinajstić information content (AvgIpc) is 2.83. The zero-order valence-electron chi connectivity index (χ0n) is 10.0. The molecule has 1 aliphatic carbocycles. The zero-order valence-corrected chi connectivity index (χ0v) is 10.0. The minimum atomic E-state index is -0.167. The molecule has 0 fully saturated rings. The van der Waals surface area contributed by atoms with E-state index in [1.165, 1.54) is 0 Å². The summed E-state index contributed by atoms with van der Waals surface area (Å²) in [6.07, 6.45) is 6.34. The minimum absolute atomic E-state index is 0.0168. The molecule has 3 nitrogen and oxygen atoms in total. The van der Waals surface area contributed by atoms with Gasteiger partial charge in [0.2, 0.25) is 5.91 Å². The lowest BCUT2D eigenvalue weighted by Crippen LogP contribution is -2.43. The molecule has 1 aromatic carbocycles. The summed E-state index contributed by atoms with van der Waals surface area (Å²) in [5, 5.41) is 6.22. The molecule has 2 rings (SSSR count). The highest BCUT2D eigenvalue weighted by atomic mass is 16.2. The van der Waals surface area contributed by atoms with Gasteiger partial charge in [-0.2, -0.15) is 0 Å². The molecule has 0 radical (unpaired) electrons. The number of amides is 1. The van der Waals surface area contributed by atoms with Gasteiger partial charge in [-0.15, -0.1) is 0 Å². The number of rotatable bonds is 4. The third kappa shape index (κ3) is 3.43. The van der Waals surface area contributed by atoms with Crippen molar-refractivity contribution in [1.29, 1.82) is 0 Å². The first kappa shape index (κ1) is 11.9. The summed E-state index contributed by atoms with van der Waals surface area (Å²) in [7, 11) is 0. The van der Waals surface area contributed by atoms with Crippen LogP contribution in [0.25, 0.3) is 0 Å². The van der Waals surface area contributed by atoms with E-state index >= 15 is 0 Å². The third-order valence-electron chi connectivity index (χ3n) is 2.93. The molecule has 0 saturated heterocycles. The number of nitrogens with one attached hydrogen (secondary N) is 2. The van der Waals surface area contributed by atoms with Crippen LogP contribution < -0.4 is 10.6 Å². The molecule has 3 heteroatoms. The Morgan fingerprint density at radius 2 is 1.88 bits per heavy atom. The summed E-state index contributed by atoms with van der Waals surface area (Å²) in [5.41, 5.74) is 0.843. The van der Waals surface area contributed by atoms with Crippen LogP contribution in [0.15, 0.2) is 42.5 Å². The maximum Gasteiger partial charge on any atom is 0.241 e. The average molecular weight is 230 g/mol. The lowest BCUT2D eigenvalue weighted by Gasteiger charge is -2.18. The molecule has 0 aliphatic heterocycles. The van der Waals surface area contributed by atoms with Gasteiger partial charge in [0.05, 0.1) is 6.04 Å². The number of hydrogen-bond acceptors (Lipinski definition) is 2. The third-order valence-corrected chi connectivity index (χ3v) is 2.93. The lowest BCUT2D eigenvalue weighted by atomic mass is 10.2. The van der Waals surface area contributed by atoms with Crippen molar-refractivity contribution in [1.82, 2.24) is 5.32 Å². The zero-order chi connectivity index (χ0) is 12.1. The fourth-order valence-electron chi connectivity index (χ4n) is 1.95. The summed E-state index contributed by atoms with van der Waals surface area (Å²) in [6, 6.07) is 9.78. The highest BCUT2D eigenvalue weighted by Gasteiger charge is 2.18. The Bertz CT molecular complexity index is 392. The Labute approximate surface area is 102 Å². The summed E-state index contributed by atoms with van der Waals surface area (Å²) in [6.45, 7) is 1.90. The van der Waals surface area contributed by atoms with Gasteiger partial charge >= 0.3 is 0 Å². The van der Waals surface area contributed by atoms with E-state index in [0.717, 1.165) is 18.5 Å². The van der Waals surface area contributed by atoms with E-state index in [1.807, 2.05) is 37.3 Å². The Kier molecular flexibility index (Phi) is 3.94. The van der Waals surface area contributed by atoms with Gasteiger partial charge in [-0.3, -0.25) is 4.79 Å². The number of hydrogen-bond donors (Lipinski definition) is 2. The maximum atomic E-state index is 11.9. The van der Waals surface area contributed by atoms with Crippen LogP contribution in [0.4, 0.5) is 5.69 Å². The minimum Gasteiger partial charge on any atom is -0.325 e. The second kappa shape index (κ2) is 5.64. The van der Waals surface area contributed by atoms with E-state index in [4.69, 9.17) is 0 Å². The van der Waals surface area contributed by atoms with E-state index in [9.17, 15) is 4.79 Å². The molecule has 1 atom stereocenters. The molecule has 0 spiro atoms. The summed E-state index contributed by atoms with van der Waals surface area (Å²) < 4.78 is 0. The van der Waals surface area contributed by atoms with Crippen LogP contribution in [0.3, 0.4) is 0 Å². The molecule has 90 valence electrons. The lowest BCUT2D eigenvalue weighted by molar-refractivity contribution is -0.117. The van der Waals surface area contributed by atoms with Crippen molar-refractivity contribution in [3.63, 3.8) is 0 Å². The molecule has 1 unspecified atom stereocenters. The first-order valence-electron chi connectivity index (χ1n) is 6.02. The first-order chi connectivity index (χ1) is 8.25. The molecule has 17 heavy (non-hydrogen) atoms. The van der Waals surface area contributed by atoms with Crippen LogP contribution in [-0.4, -0.2) is 18.0 Å². The molecule has 1 aliphatic rings. The normalized spacial score (nSPS) is 17.0. The number of anilines is 1. The van der Waals surface area contributed by atoms with Crippen LogP contribution in [-0.2, 0) is 4.79 Å². The predicted octanol–water partition coefficient (Wildman–Crippen LogP) is 2.32.